The molecule has 0 bridgehead atoms. The standard InChI is InChI=1S/C18H16ClN3OS2/c1-12-6-8-13(9-7-12)17-21-18(25-22-17)24-11-16(23)20-10-14-4-2-3-5-15(14)19/h2-9H,10-11H2,1H3,(H,20,23). The predicted molar refractivity (Wildman–Crippen MR) is 104 cm³/mol. The van der Waals surface area contributed by atoms with Crippen LogP contribution >= 0.6 is 34.9 Å². The first kappa shape index (κ1) is 17.9. The van der Waals surface area contributed by atoms with Crippen molar-refractivity contribution in [3.8, 4) is 11.4 Å². The van der Waals surface area contributed by atoms with Gasteiger partial charge in [-0.15, -0.1) is 0 Å². The normalized spacial score (nSPS) is 10.6. The molecule has 1 heterocycles. The van der Waals surface area contributed by atoms with Gasteiger partial charge in [0, 0.05) is 17.1 Å². The Morgan fingerprint density at radius 2 is 1.96 bits per heavy atom. The molecule has 0 saturated heterocycles. The molecule has 0 atom stereocenters. The fourth-order valence-corrected chi connectivity index (χ4v) is 3.75. The molecule has 0 aliphatic rings. The molecule has 1 N–H and O–H groups in total. The molecule has 25 heavy (non-hydrogen) atoms. The Morgan fingerprint density at radius 3 is 2.72 bits per heavy atom. The average molecular weight is 390 g/mol. The van der Waals surface area contributed by atoms with Crippen molar-refractivity contribution in [3.63, 3.8) is 0 Å². The van der Waals surface area contributed by atoms with E-state index < -0.39 is 0 Å². The zero-order chi connectivity index (χ0) is 17.6. The van der Waals surface area contributed by atoms with E-state index in [4.69, 9.17) is 11.6 Å². The van der Waals surface area contributed by atoms with E-state index in [1.165, 1.54) is 28.9 Å². The molecule has 2 aromatic carbocycles. The first-order chi connectivity index (χ1) is 12.1. The maximum Gasteiger partial charge on any atom is 0.230 e. The first-order valence-corrected chi connectivity index (χ1v) is 9.79. The van der Waals surface area contributed by atoms with Crippen molar-refractivity contribution in [3.05, 3.63) is 64.7 Å². The van der Waals surface area contributed by atoms with Crippen molar-refractivity contribution in [1.82, 2.24) is 14.7 Å². The summed E-state index contributed by atoms with van der Waals surface area (Å²) in [5, 5.41) is 3.52. The van der Waals surface area contributed by atoms with E-state index in [2.05, 4.69) is 14.7 Å². The molecule has 0 unspecified atom stereocenters. The number of thioether (sulfide) groups is 1. The second-order valence-electron chi connectivity index (χ2n) is 5.41. The number of benzene rings is 2. The van der Waals surface area contributed by atoms with Crippen LogP contribution in [-0.4, -0.2) is 21.0 Å². The Bertz CT molecular complexity index is 865. The van der Waals surface area contributed by atoms with Crippen LogP contribution < -0.4 is 5.32 Å². The van der Waals surface area contributed by atoms with Crippen molar-refractivity contribution >= 4 is 40.8 Å². The summed E-state index contributed by atoms with van der Waals surface area (Å²) in [7, 11) is 0. The molecule has 3 aromatic rings. The molecule has 0 saturated carbocycles. The molecular formula is C18H16ClN3OS2. The zero-order valence-electron chi connectivity index (χ0n) is 13.5. The van der Waals surface area contributed by atoms with Crippen LogP contribution in [0.3, 0.4) is 0 Å². The predicted octanol–water partition coefficient (Wildman–Crippen LogP) is 4.58. The van der Waals surface area contributed by atoms with Crippen molar-refractivity contribution < 1.29 is 4.79 Å². The van der Waals surface area contributed by atoms with E-state index in [0.717, 1.165) is 15.5 Å². The van der Waals surface area contributed by atoms with Crippen LogP contribution in [0.4, 0.5) is 0 Å². The highest BCUT2D eigenvalue weighted by Gasteiger charge is 2.10. The largest absolute Gasteiger partial charge is 0.351 e. The highest BCUT2D eigenvalue weighted by atomic mass is 35.5. The van der Waals surface area contributed by atoms with Crippen molar-refractivity contribution in [2.24, 2.45) is 0 Å². The third-order valence-electron chi connectivity index (χ3n) is 3.48. The molecule has 0 aliphatic heterocycles. The number of nitrogens with one attached hydrogen (secondary N) is 1. The summed E-state index contributed by atoms with van der Waals surface area (Å²) in [5.74, 6) is 0.938. The van der Waals surface area contributed by atoms with Gasteiger partial charge in [-0.2, -0.15) is 4.37 Å². The molecule has 0 fully saturated rings. The number of carbonyl (C=O) groups excluding carboxylic acids is 1. The van der Waals surface area contributed by atoms with Gasteiger partial charge in [-0.1, -0.05) is 71.4 Å². The van der Waals surface area contributed by atoms with E-state index in [9.17, 15) is 4.79 Å². The second-order valence-corrected chi connectivity index (χ2v) is 7.79. The van der Waals surface area contributed by atoms with E-state index >= 15 is 0 Å². The fraction of sp³-hybridized carbons (Fsp3) is 0.167. The lowest BCUT2D eigenvalue weighted by molar-refractivity contribution is -0.118. The van der Waals surface area contributed by atoms with Gasteiger partial charge in [0.05, 0.1) is 5.75 Å². The van der Waals surface area contributed by atoms with Gasteiger partial charge in [-0.3, -0.25) is 4.79 Å². The Labute approximate surface area is 159 Å². The maximum absolute atomic E-state index is 12.0. The summed E-state index contributed by atoms with van der Waals surface area (Å²) in [6.45, 7) is 2.46. The topological polar surface area (TPSA) is 54.9 Å². The Kier molecular flexibility index (Phi) is 6.07. The quantitative estimate of drug-likeness (QED) is 0.627. The lowest BCUT2D eigenvalue weighted by Crippen LogP contribution is -2.24. The summed E-state index contributed by atoms with van der Waals surface area (Å²) in [5.41, 5.74) is 3.08. The molecule has 128 valence electrons. The Hall–Kier alpha value is -1.89. The number of hydrogen-bond donors (Lipinski definition) is 1. The minimum Gasteiger partial charge on any atom is -0.351 e. The van der Waals surface area contributed by atoms with Crippen molar-refractivity contribution in [2.45, 2.75) is 17.8 Å². The van der Waals surface area contributed by atoms with Crippen LogP contribution in [-0.2, 0) is 11.3 Å². The first-order valence-electron chi connectivity index (χ1n) is 7.65. The second kappa shape index (κ2) is 8.47. The SMILES string of the molecule is Cc1ccc(-c2nsc(SCC(=O)NCc3ccccc3Cl)n2)cc1. The molecule has 7 heteroatoms. The monoisotopic (exact) mass is 389 g/mol. The van der Waals surface area contributed by atoms with Crippen LogP contribution in [0.1, 0.15) is 11.1 Å². The average Bonchev–Trinajstić information content (AvgIpc) is 3.09. The third kappa shape index (κ3) is 5.04. The minimum absolute atomic E-state index is 0.0583. The van der Waals surface area contributed by atoms with Gasteiger partial charge < -0.3 is 5.32 Å². The highest BCUT2D eigenvalue weighted by molar-refractivity contribution is 8.01. The van der Waals surface area contributed by atoms with Crippen LogP contribution in [0.15, 0.2) is 52.9 Å². The summed E-state index contributed by atoms with van der Waals surface area (Å²) in [4.78, 5) is 16.5. The maximum atomic E-state index is 12.0. The van der Waals surface area contributed by atoms with Crippen LogP contribution in [0, 0.1) is 6.92 Å². The summed E-state index contributed by atoms with van der Waals surface area (Å²) >= 11 is 8.77. The Morgan fingerprint density at radius 1 is 1.20 bits per heavy atom. The van der Waals surface area contributed by atoms with Gasteiger partial charge in [0.2, 0.25) is 5.91 Å². The summed E-state index contributed by atoms with van der Waals surface area (Å²) in [6, 6.07) is 15.5. The summed E-state index contributed by atoms with van der Waals surface area (Å²) in [6.07, 6.45) is 0. The van der Waals surface area contributed by atoms with Crippen molar-refractivity contribution in [1.29, 1.82) is 0 Å². The van der Waals surface area contributed by atoms with Gasteiger partial charge in [-0.05, 0) is 30.1 Å². The number of halogens is 1. The Balaban J connectivity index is 1.51. The highest BCUT2D eigenvalue weighted by Crippen LogP contribution is 2.25. The number of aromatic nitrogens is 2. The molecule has 0 radical (unpaired) electrons. The van der Waals surface area contributed by atoms with Gasteiger partial charge in [0.1, 0.15) is 0 Å². The molecule has 1 amide bonds. The smallest absolute Gasteiger partial charge is 0.230 e. The van der Waals surface area contributed by atoms with Crippen LogP contribution in [0.25, 0.3) is 11.4 Å². The lowest BCUT2D eigenvalue weighted by atomic mass is 10.1. The molecule has 3 rings (SSSR count). The fourth-order valence-electron chi connectivity index (χ4n) is 2.10. The van der Waals surface area contributed by atoms with E-state index in [-0.39, 0.29) is 5.91 Å². The number of carbonyl (C=O) groups is 1. The molecule has 0 spiro atoms. The van der Waals surface area contributed by atoms with Gasteiger partial charge >= 0.3 is 0 Å². The van der Waals surface area contributed by atoms with Gasteiger partial charge in [0.15, 0.2) is 10.2 Å². The van der Waals surface area contributed by atoms with Crippen molar-refractivity contribution in [2.75, 3.05) is 5.75 Å². The molecule has 0 aliphatic carbocycles. The number of rotatable bonds is 6. The van der Waals surface area contributed by atoms with Gasteiger partial charge in [-0.25, -0.2) is 4.98 Å². The van der Waals surface area contributed by atoms with E-state index in [0.29, 0.717) is 23.1 Å². The van der Waals surface area contributed by atoms with Crippen LogP contribution in [0.5, 0.6) is 0 Å². The van der Waals surface area contributed by atoms with E-state index in [1.807, 2.05) is 55.5 Å². The zero-order valence-corrected chi connectivity index (χ0v) is 15.9. The third-order valence-corrected chi connectivity index (χ3v) is 5.68. The number of aryl methyl sites for hydroxylation is 1. The van der Waals surface area contributed by atoms with E-state index in [1.54, 1.807) is 0 Å². The number of hydrogen-bond acceptors (Lipinski definition) is 5. The molecule has 1 aromatic heterocycles. The number of nitrogens with zero attached hydrogens (tertiary/aromatic N) is 2. The molecular weight excluding hydrogens is 374 g/mol. The number of amides is 1. The molecule has 4 nitrogen and oxygen atoms in total. The van der Waals surface area contributed by atoms with Crippen LogP contribution in [0.2, 0.25) is 5.02 Å². The van der Waals surface area contributed by atoms with Gasteiger partial charge in [0.25, 0.3) is 0 Å². The summed E-state index contributed by atoms with van der Waals surface area (Å²) < 4.78 is 5.14. The lowest BCUT2D eigenvalue weighted by Gasteiger charge is -2.05. The minimum atomic E-state index is -0.0583.